The molecule has 0 aromatic carbocycles. The molecule has 1 N–H and O–H groups in total. The highest BCUT2D eigenvalue weighted by molar-refractivity contribution is 5.90. The first kappa shape index (κ1) is 14.9. The molecule has 3 nitrogen and oxygen atoms in total. The smallest absolute Gasteiger partial charge is 0.139 e. The molecule has 4 rings (SSSR count). The predicted octanol–water partition coefficient (Wildman–Crippen LogP) is 3.14. The summed E-state index contributed by atoms with van der Waals surface area (Å²) in [6.45, 7) is 4.49. The van der Waals surface area contributed by atoms with Crippen molar-refractivity contribution in [2.75, 3.05) is 0 Å². The number of fused-ring (bicyclic) bond motifs is 5. The molecule has 7 atom stereocenters. The molecule has 0 aromatic heterocycles. The van der Waals surface area contributed by atoms with Crippen LogP contribution in [-0.4, -0.2) is 22.8 Å². The molecule has 4 aliphatic rings. The highest BCUT2D eigenvalue weighted by atomic mass is 16.3. The van der Waals surface area contributed by atoms with E-state index in [2.05, 4.69) is 13.8 Å². The summed E-state index contributed by atoms with van der Waals surface area (Å²) in [5, 5.41) is 10.0. The minimum atomic E-state index is -0.228. The first-order chi connectivity index (χ1) is 10.4. The maximum absolute atomic E-state index is 12.9. The van der Waals surface area contributed by atoms with Crippen LogP contribution in [-0.2, 0) is 9.59 Å². The van der Waals surface area contributed by atoms with E-state index in [1.165, 1.54) is 0 Å². The van der Waals surface area contributed by atoms with Crippen molar-refractivity contribution in [1.29, 1.82) is 0 Å². The van der Waals surface area contributed by atoms with Crippen LogP contribution in [0.4, 0.5) is 0 Å². The van der Waals surface area contributed by atoms with Crippen molar-refractivity contribution in [3.8, 4) is 0 Å². The molecule has 0 spiro atoms. The van der Waals surface area contributed by atoms with Gasteiger partial charge in [0.2, 0.25) is 0 Å². The molecule has 122 valence electrons. The van der Waals surface area contributed by atoms with E-state index in [1.54, 1.807) is 0 Å². The topological polar surface area (TPSA) is 54.4 Å². The highest BCUT2D eigenvalue weighted by Gasteiger charge is 2.62. The Morgan fingerprint density at radius 2 is 1.82 bits per heavy atom. The molecule has 4 fully saturated rings. The Bertz CT molecular complexity index is 527. The molecular weight excluding hydrogens is 276 g/mol. The quantitative estimate of drug-likeness (QED) is 0.748. The summed E-state index contributed by atoms with van der Waals surface area (Å²) in [4.78, 5) is 25.3. The molecule has 0 aliphatic heterocycles. The van der Waals surface area contributed by atoms with Crippen molar-refractivity contribution in [3.05, 3.63) is 0 Å². The maximum atomic E-state index is 12.9. The number of hydrogen-bond acceptors (Lipinski definition) is 3. The predicted molar refractivity (Wildman–Crippen MR) is 83.1 cm³/mol. The lowest BCUT2D eigenvalue weighted by molar-refractivity contribution is -0.160. The van der Waals surface area contributed by atoms with E-state index in [0.29, 0.717) is 36.2 Å². The largest absolute Gasteiger partial charge is 0.393 e. The van der Waals surface area contributed by atoms with E-state index in [-0.39, 0.29) is 28.8 Å². The van der Waals surface area contributed by atoms with Gasteiger partial charge in [0, 0.05) is 24.2 Å². The van der Waals surface area contributed by atoms with Gasteiger partial charge in [0.05, 0.1) is 6.10 Å². The third-order valence-electron chi connectivity index (χ3n) is 8.15. The van der Waals surface area contributed by atoms with Crippen LogP contribution in [0.2, 0.25) is 0 Å². The van der Waals surface area contributed by atoms with Crippen LogP contribution in [0.3, 0.4) is 0 Å². The van der Waals surface area contributed by atoms with E-state index in [4.69, 9.17) is 0 Å². The number of aliphatic hydroxyl groups excluding tert-OH is 1. The van der Waals surface area contributed by atoms with Gasteiger partial charge in [-0.1, -0.05) is 13.8 Å². The molecule has 0 bridgehead atoms. The first-order valence-electron chi connectivity index (χ1n) is 9.10. The van der Waals surface area contributed by atoms with Crippen LogP contribution in [0.5, 0.6) is 0 Å². The second-order valence-corrected chi connectivity index (χ2v) is 8.96. The number of carbonyl (C=O) groups is 2. The van der Waals surface area contributed by atoms with Crippen molar-refractivity contribution in [1.82, 2.24) is 0 Å². The average Bonchev–Trinajstić information content (AvgIpc) is 2.77. The molecule has 0 heterocycles. The minimum Gasteiger partial charge on any atom is -0.393 e. The number of carbonyl (C=O) groups excluding carboxylic acids is 2. The van der Waals surface area contributed by atoms with E-state index in [0.717, 1.165) is 38.5 Å². The summed E-state index contributed by atoms with van der Waals surface area (Å²) in [5.74, 6) is 1.99. The number of hydrogen-bond donors (Lipinski definition) is 1. The maximum Gasteiger partial charge on any atom is 0.139 e. The van der Waals surface area contributed by atoms with E-state index < -0.39 is 0 Å². The zero-order valence-electron chi connectivity index (χ0n) is 13.8. The number of ketones is 2. The van der Waals surface area contributed by atoms with E-state index >= 15 is 0 Å². The van der Waals surface area contributed by atoms with Crippen molar-refractivity contribution >= 4 is 11.6 Å². The molecule has 0 saturated heterocycles. The van der Waals surface area contributed by atoms with E-state index in [1.807, 2.05) is 0 Å². The Balaban J connectivity index is 1.70. The Hall–Kier alpha value is -0.700. The first-order valence-corrected chi connectivity index (χ1v) is 9.10. The van der Waals surface area contributed by atoms with Crippen LogP contribution < -0.4 is 0 Å². The van der Waals surface area contributed by atoms with Crippen molar-refractivity contribution in [2.24, 2.45) is 34.5 Å². The summed E-state index contributed by atoms with van der Waals surface area (Å²) in [7, 11) is 0. The van der Waals surface area contributed by atoms with Crippen LogP contribution in [0.25, 0.3) is 0 Å². The van der Waals surface area contributed by atoms with Gasteiger partial charge in [-0.3, -0.25) is 9.59 Å². The Morgan fingerprint density at radius 1 is 1.05 bits per heavy atom. The van der Waals surface area contributed by atoms with E-state index in [9.17, 15) is 14.7 Å². The number of aliphatic hydroxyl groups is 1. The van der Waals surface area contributed by atoms with Gasteiger partial charge in [0.15, 0.2) is 0 Å². The molecule has 22 heavy (non-hydrogen) atoms. The lowest BCUT2D eigenvalue weighted by atomic mass is 9.45. The fourth-order valence-corrected chi connectivity index (χ4v) is 6.68. The van der Waals surface area contributed by atoms with Gasteiger partial charge in [0.25, 0.3) is 0 Å². The Morgan fingerprint density at radius 3 is 2.59 bits per heavy atom. The lowest BCUT2D eigenvalue weighted by Crippen LogP contribution is -2.57. The fraction of sp³-hybridized carbons (Fsp3) is 0.895. The summed E-state index contributed by atoms with van der Waals surface area (Å²) in [6.07, 6.45) is 6.73. The third kappa shape index (κ3) is 1.78. The fourth-order valence-electron chi connectivity index (χ4n) is 6.68. The van der Waals surface area contributed by atoms with Gasteiger partial charge in [-0.05, 0) is 61.7 Å². The number of rotatable bonds is 0. The van der Waals surface area contributed by atoms with Crippen LogP contribution in [0.15, 0.2) is 0 Å². The average molecular weight is 304 g/mol. The van der Waals surface area contributed by atoms with Crippen molar-refractivity contribution in [2.45, 2.75) is 71.3 Å². The van der Waals surface area contributed by atoms with Gasteiger partial charge in [0.1, 0.15) is 11.6 Å². The van der Waals surface area contributed by atoms with Gasteiger partial charge >= 0.3 is 0 Å². The molecule has 0 unspecified atom stereocenters. The second-order valence-electron chi connectivity index (χ2n) is 8.96. The molecule has 0 radical (unpaired) electrons. The van der Waals surface area contributed by atoms with Crippen molar-refractivity contribution in [3.63, 3.8) is 0 Å². The van der Waals surface area contributed by atoms with Crippen molar-refractivity contribution < 1.29 is 14.7 Å². The van der Waals surface area contributed by atoms with Crippen LogP contribution >= 0.6 is 0 Å². The molecule has 4 saturated carbocycles. The Kier molecular flexibility index (Phi) is 3.15. The van der Waals surface area contributed by atoms with Crippen LogP contribution in [0.1, 0.15) is 65.2 Å². The monoisotopic (exact) mass is 304 g/mol. The highest BCUT2D eigenvalue weighted by Crippen LogP contribution is 2.64. The van der Waals surface area contributed by atoms with Gasteiger partial charge in [-0.2, -0.15) is 0 Å². The summed E-state index contributed by atoms with van der Waals surface area (Å²) >= 11 is 0. The summed E-state index contributed by atoms with van der Waals surface area (Å²) in [6, 6.07) is 0. The third-order valence-corrected chi connectivity index (χ3v) is 8.15. The molecule has 3 heteroatoms. The Labute approximate surface area is 132 Å². The second kappa shape index (κ2) is 4.66. The lowest BCUT2D eigenvalue weighted by Gasteiger charge is -2.59. The summed E-state index contributed by atoms with van der Waals surface area (Å²) < 4.78 is 0. The zero-order valence-corrected chi connectivity index (χ0v) is 13.8. The normalized spacial score (nSPS) is 54.6. The zero-order chi connectivity index (χ0) is 15.7. The molecule has 0 amide bonds. The summed E-state index contributed by atoms with van der Waals surface area (Å²) in [5.41, 5.74) is -0.0288. The standard InChI is InChI=1S/C19H28O3/c1-18-7-5-12(20)9-11(18)10-15(21)17-13-3-4-16(22)19(13,2)8-6-14(17)18/h11-14,17,20H,3-10H2,1-2H3/t11-,12-,13-,14-,17-,18-,19-/m0/s1. The molecular formula is C19H28O3. The SMILES string of the molecule is C[C@]12CC[C@H](O)C[C@H]1CC(=O)[C@@H]1[C@@H]2CC[C@]2(C)C(=O)CC[C@@H]12. The van der Waals surface area contributed by atoms with Crippen LogP contribution in [0, 0.1) is 34.5 Å². The van der Waals surface area contributed by atoms with Gasteiger partial charge in [-0.15, -0.1) is 0 Å². The number of Topliss-reactive ketones (excluding diaryl/α,β-unsaturated/α-hetero) is 2. The molecule has 0 aromatic rings. The van der Waals surface area contributed by atoms with Gasteiger partial charge in [-0.25, -0.2) is 0 Å². The molecule has 4 aliphatic carbocycles. The minimum absolute atomic E-state index is 0.113. The van der Waals surface area contributed by atoms with Gasteiger partial charge < -0.3 is 5.11 Å².